The highest BCUT2D eigenvalue weighted by molar-refractivity contribution is 5.91. The van der Waals surface area contributed by atoms with Crippen molar-refractivity contribution in [3.63, 3.8) is 0 Å². The number of fused-ring (bicyclic) bond motifs is 1. The van der Waals surface area contributed by atoms with Gasteiger partial charge in [0.25, 0.3) is 0 Å². The summed E-state index contributed by atoms with van der Waals surface area (Å²) in [5.74, 6) is 0.369. The molecule has 5 nitrogen and oxygen atoms in total. The van der Waals surface area contributed by atoms with Crippen molar-refractivity contribution in [1.82, 2.24) is 19.6 Å². The van der Waals surface area contributed by atoms with E-state index in [9.17, 15) is 5.11 Å². The molecule has 25 heavy (non-hydrogen) atoms. The van der Waals surface area contributed by atoms with Crippen LogP contribution in [0.3, 0.4) is 0 Å². The second-order valence-corrected chi connectivity index (χ2v) is 6.66. The number of nitrogens with zero attached hydrogens (tertiary/aromatic N) is 4. The predicted octanol–water partition coefficient (Wildman–Crippen LogP) is 4.24. The first kappa shape index (κ1) is 14.3. The molecule has 0 saturated heterocycles. The van der Waals surface area contributed by atoms with Gasteiger partial charge in [-0.25, -0.2) is 4.68 Å². The van der Waals surface area contributed by atoms with Crippen LogP contribution in [0, 0.1) is 6.92 Å². The van der Waals surface area contributed by atoms with Crippen LogP contribution in [0.15, 0.2) is 54.7 Å². The maximum Gasteiger partial charge on any atom is 0.199 e. The van der Waals surface area contributed by atoms with Gasteiger partial charge in [0.2, 0.25) is 0 Å². The highest BCUT2D eigenvalue weighted by atomic mass is 16.3. The zero-order valence-electron chi connectivity index (χ0n) is 13.9. The van der Waals surface area contributed by atoms with Gasteiger partial charge in [-0.3, -0.25) is 0 Å². The molecule has 1 N–H and O–H groups in total. The van der Waals surface area contributed by atoms with Crippen molar-refractivity contribution in [2.24, 2.45) is 0 Å². The lowest BCUT2D eigenvalue weighted by molar-refractivity contribution is 0.424. The van der Waals surface area contributed by atoms with Crippen LogP contribution in [0.2, 0.25) is 0 Å². The van der Waals surface area contributed by atoms with Gasteiger partial charge in [0.05, 0.1) is 11.4 Å². The number of hydrogen-bond acceptors (Lipinski definition) is 3. The van der Waals surface area contributed by atoms with Gasteiger partial charge in [0.1, 0.15) is 5.69 Å². The lowest BCUT2D eigenvalue weighted by Crippen LogP contribution is -1.98. The van der Waals surface area contributed by atoms with Crippen LogP contribution in [0.1, 0.15) is 24.6 Å². The molecule has 2 heterocycles. The molecule has 0 unspecified atom stereocenters. The highest BCUT2D eigenvalue weighted by Crippen LogP contribution is 2.42. The van der Waals surface area contributed by atoms with E-state index in [4.69, 9.17) is 0 Å². The topological polar surface area (TPSA) is 55.9 Å². The molecule has 5 heteroatoms. The van der Waals surface area contributed by atoms with Crippen molar-refractivity contribution >= 4 is 10.8 Å². The molecular weight excluding hydrogens is 312 g/mol. The zero-order chi connectivity index (χ0) is 17.0. The molecule has 0 atom stereocenters. The summed E-state index contributed by atoms with van der Waals surface area (Å²) in [6.45, 7) is 2.03. The quantitative estimate of drug-likeness (QED) is 0.611. The lowest BCUT2D eigenvalue weighted by Gasteiger charge is -2.03. The Morgan fingerprint density at radius 2 is 1.88 bits per heavy atom. The molecule has 1 fully saturated rings. The Balaban J connectivity index is 1.60. The molecule has 2 aromatic carbocycles. The van der Waals surface area contributed by atoms with Crippen LogP contribution in [0.25, 0.3) is 27.7 Å². The fourth-order valence-electron chi connectivity index (χ4n) is 3.41. The van der Waals surface area contributed by atoms with Crippen molar-refractivity contribution in [3.8, 4) is 22.8 Å². The van der Waals surface area contributed by atoms with E-state index < -0.39 is 0 Å². The monoisotopic (exact) mass is 330 g/mol. The van der Waals surface area contributed by atoms with Crippen LogP contribution in [-0.4, -0.2) is 24.7 Å². The fourth-order valence-corrected chi connectivity index (χ4v) is 3.41. The van der Waals surface area contributed by atoms with Crippen molar-refractivity contribution in [1.29, 1.82) is 0 Å². The molecule has 2 aromatic heterocycles. The molecule has 0 amide bonds. The molecular formula is C20H18N4O. The predicted molar refractivity (Wildman–Crippen MR) is 97.0 cm³/mol. The Kier molecular flexibility index (Phi) is 2.98. The average Bonchev–Trinajstić information content (AvgIpc) is 3.34. The largest absolute Gasteiger partial charge is 0.494 e. The van der Waals surface area contributed by atoms with Crippen LogP contribution in [0.4, 0.5) is 0 Å². The first-order valence-corrected chi connectivity index (χ1v) is 8.54. The minimum atomic E-state index is 0.369. The number of rotatable bonds is 3. The van der Waals surface area contributed by atoms with Gasteiger partial charge in [-0.15, -0.1) is 5.10 Å². The Bertz CT molecular complexity index is 1070. The van der Waals surface area contributed by atoms with E-state index in [-0.39, 0.29) is 0 Å². The molecule has 1 aliphatic carbocycles. The third-order valence-corrected chi connectivity index (χ3v) is 4.92. The average molecular weight is 330 g/mol. The summed E-state index contributed by atoms with van der Waals surface area (Å²) >= 11 is 0. The third-order valence-electron chi connectivity index (χ3n) is 4.92. The molecule has 5 rings (SSSR count). The second kappa shape index (κ2) is 5.21. The van der Waals surface area contributed by atoms with Gasteiger partial charge in [-0.05, 0) is 44.0 Å². The number of benzene rings is 2. The summed E-state index contributed by atoms with van der Waals surface area (Å²) < 4.78 is 3.84. The number of aromatic nitrogens is 4. The van der Waals surface area contributed by atoms with Gasteiger partial charge in [0.15, 0.2) is 5.88 Å². The molecule has 0 aliphatic heterocycles. The minimum Gasteiger partial charge on any atom is -0.494 e. The molecule has 1 saturated carbocycles. The smallest absolute Gasteiger partial charge is 0.199 e. The van der Waals surface area contributed by atoms with E-state index in [1.54, 1.807) is 0 Å². The Morgan fingerprint density at radius 3 is 2.64 bits per heavy atom. The molecule has 0 bridgehead atoms. The normalized spacial score (nSPS) is 14.3. The Labute approximate surface area is 145 Å². The summed E-state index contributed by atoms with van der Waals surface area (Å²) in [7, 11) is 0. The molecule has 124 valence electrons. The van der Waals surface area contributed by atoms with Gasteiger partial charge >= 0.3 is 0 Å². The SMILES string of the molecule is Cc1c(-c2ccc3c(O)n(C4CC4)cc3c2)nnn1-c1ccccc1. The minimum absolute atomic E-state index is 0.369. The van der Waals surface area contributed by atoms with E-state index >= 15 is 0 Å². The van der Waals surface area contributed by atoms with Crippen LogP contribution < -0.4 is 0 Å². The summed E-state index contributed by atoms with van der Waals surface area (Å²) in [5, 5.41) is 21.0. The van der Waals surface area contributed by atoms with E-state index in [1.807, 2.05) is 64.8 Å². The summed E-state index contributed by atoms with van der Waals surface area (Å²) in [4.78, 5) is 0. The Morgan fingerprint density at radius 1 is 1.08 bits per heavy atom. The van der Waals surface area contributed by atoms with E-state index in [2.05, 4.69) is 16.4 Å². The maximum absolute atomic E-state index is 10.4. The number of aromatic hydroxyl groups is 1. The van der Waals surface area contributed by atoms with Crippen LogP contribution >= 0.6 is 0 Å². The van der Waals surface area contributed by atoms with Crippen molar-refractivity contribution in [3.05, 3.63) is 60.4 Å². The van der Waals surface area contributed by atoms with Crippen LogP contribution in [0.5, 0.6) is 5.88 Å². The van der Waals surface area contributed by atoms with E-state index in [1.165, 1.54) is 0 Å². The second-order valence-electron chi connectivity index (χ2n) is 6.66. The van der Waals surface area contributed by atoms with E-state index in [0.717, 1.165) is 46.3 Å². The first-order valence-electron chi connectivity index (χ1n) is 8.54. The Hall–Kier alpha value is -3.08. The summed E-state index contributed by atoms with van der Waals surface area (Å²) in [6, 6.07) is 16.5. The highest BCUT2D eigenvalue weighted by Gasteiger charge is 2.26. The van der Waals surface area contributed by atoms with Crippen molar-refractivity contribution in [2.75, 3.05) is 0 Å². The zero-order valence-corrected chi connectivity index (χ0v) is 13.9. The number of hydrogen-bond donors (Lipinski definition) is 1. The fraction of sp³-hybridized carbons (Fsp3) is 0.200. The van der Waals surface area contributed by atoms with Crippen molar-refractivity contribution < 1.29 is 5.11 Å². The van der Waals surface area contributed by atoms with Crippen molar-refractivity contribution in [2.45, 2.75) is 25.8 Å². The number of para-hydroxylation sites is 1. The maximum atomic E-state index is 10.4. The molecule has 0 radical (unpaired) electrons. The van der Waals surface area contributed by atoms with Gasteiger partial charge < -0.3 is 9.67 Å². The lowest BCUT2D eigenvalue weighted by atomic mass is 10.1. The van der Waals surface area contributed by atoms with Crippen LogP contribution in [-0.2, 0) is 0 Å². The molecule has 4 aromatic rings. The standard InChI is InChI=1S/C20H18N4O/c1-13-19(21-22-24(13)17-5-3-2-4-6-17)14-7-10-18-15(11-14)12-23(20(18)25)16-8-9-16/h2-7,10-12,16,25H,8-9H2,1H3. The summed E-state index contributed by atoms with van der Waals surface area (Å²) in [6.07, 6.45) is 4.33. The first-order chi connectivity index (χ1) is 12.2. The summed E-state index contributed by atoms with van der Waals surface area (Å²) in [5.41, 5.74) is 3.87. The van der Waals surface area contributed by atoms with Gasteiger partial charge in [0, 0.05) is 28.6 Å². The van der Waals surface area contributed by atoms with Gasteiger partial charge in [-0.2, -0.15) is 0 Å². The molecule has 0 spiro atoms. The van der Waals surface area contributed by atoms with E-state index in [0.29, 0.717) is 11.9 Å². The van der Waals surface area contributed by atoms with Gasteiger partial charge in [-0.1, -0.05) is 29.5 Å². The third kappa shape index (κ3) is 2.23. The molecule has 1 aliphatic rings.